The Hall–Kier alpha value is -6.29. The van der Waals surface area contributed by atoms with Gasteiger partial charge in [0.1, 0.15) is 0 Å². The van der Waals surface area contributed by atoms with Gasteiger partial charge >= 0.3 is 0 Å². The van der Waals surface area contributed by atoms with Crippen LogP contribution in [0.4, 0.5) is 17.1 Å². The quantitative estimate of drug-likeness (QED) is 0.170. The molecule has 2 aromatic heterocycles. The monoisotopic (exact) mass is 656 g/mol. The summed E-state index contributed by atoms with van der Waals surface area (Å²) in [6, 6.07) is 65.1. The molecule has 0 fully saturated rings. The van der Waals surface area contributed by atoms with Crippen LogP contribution in [-0.2, 0) is 0 Å². The molecule has 0 radical (unpaired) electrons. The van der Waals surface area contributed by atoms with Gasteiger partial charge in [-0.2, -0.15) is 0 Å². The molecule has 0 atom stereocenters. The molecule has 0 saturated heterocycles. The minimum absolute atomic E-state index is 1.10. The summed E-state index contributed by atoms with van der Waals surface area (Å²) in [4.78, 5) is 6.98. The van der Waals surface area contributed by atoms with E-state index < -0.39 is 0 Å². The van der Waals surface area contributed by atoms with E-state index in [4.69, 9.17) is 0 Å². The molecule has 3 heteroatoms. The van der Waals surface area contributed by atoms with E-state index in [1.165, 1.54) is 64.7 Å². The minimum atomic E-state index is 1.10. The van der Waals surface area contributed by atoms with Gasteiger partial charge in [-0.25, -0.2) is 0 Å². The largest absolute Gasteiger partial charge is 0.311 e. The fraction of sp³-hybridized carbons (Fsp3) is 0. The van der Waals surface area contributed by atoms with E-state index in [1.54, 1.807) is 0 Å². The van der Waals surface area contributed by atoms with E-state index in [1.807, 2.05) is 23.7 Å². The number of rotatable bonds is 7. The molecule has 236 valence electrons. The first-order chi connectivity index (χ1) is 24.8. The molecule has 9 aromatic rings. The van der Waals surface area contributed by atoms with Crippen LogP contribution in [-0.4, -0.2) is 4.98 Å². The molecule has 0 spiro atoms. The van der Waals surface area contributed by atoms with E-state index in [2.05, 4.69) is 192 Å². The summed E-state index contributed by atoms with van der Waals surface area (Å²) in [6.45, 7) is 0. The molecular weight excluding hydrogens is 625 g/mol. The van der Waals surface area contributed by atoms with Crippen LogP contribution in [0.15, 0.2) is 194 Å². The van der Waals surface area contributed by atoms with Crippen molar-refractivity contribution < 1.29 is 0 Å². The summed E-state index contributed by atoms with van der Waals surface area (Å²) in [5, 5.41) is 2.48. The highest BCUT2D eigenvalue weighted by Crippen LogP contribution is 2.41. The van der Waals surface area contributed by atoms with Gasteiger partial charge in [-0.3, -0.25) is 4.98 Å². The Morgan fingerprint density at radius 2 is 0.820 bits per heavy atom. The molecule has 2 nitrogen and oxygen atoms in total. The Morgan fingerprint density at radius 1 is 0.360 bits per heavy atom. The first-order valence-electron chi connectivity index (χ1n) is 16.9. The van der Waals surface area contributed by atoms with Crippen LogP contribution in [0.5, 0.6) is 0 Å². The van der Waals surface area contributed by atoms with Gasteiger partial charge in [-0.15, -0.1) is 11.3 Å². The average molecular weight is 657 g/mol. The second kappa shape index (κ2) is 13.0. The first-order valence-corrected chi connectivity index (χ1v) is 17.7. The van der Waals surface area contributed by atoms with E-state index >= 15 is 0 Å². The fourth-order valence-corrected chi connectivity index (χ4v) is 8.04. The highest BCUT2D eigenvalue weighted by molar-refractivity contribution is 7.26. The van der Waals surface area contributed by atoms with Gasteiger partial charge in [-0.05, 0) is 87.5 Å². The number of hydrogen-bond acceptors (Lipinski definition) is 3. The number of benzene rings is 7. The number of aromatic nitrogens is 1. The number of hydrogen-bond donors (Lipinski definition) is 0. The van der Waals surface area contributed by atoms with Crippen molar-refractivity contribution >= 4 is 48.6 Å². The molecule has 0 aliphatic carbocycles. The molecule has 7 aromatic carbocycles. The maximum absolute atomic E-state index is 4.65. The van der Waals surface area contributed by atoms with E-state index in [9.17, 15) is 0 Å². The van der Waals surface area contributed by atoms with Gasteiger partial charge in [0.05, 0.1) is 0 Å². The van der Waals surface area contributed by atoms with Crippen LogP contribution in [0.2, 0.25) is 0 Å². The summed E-state index contributed by atoms with van der Waals surface area (Å²) in [6.07, 6.45) is 4.00. The molecule has 0 N–H and O–H groups in total. The van der Waals surface area contributed by atoms with Gasteiger partial charge in [0.15, 0.2) is 0 Å². The zero-order valence-electron chi connectivity index (χ0n) is 27.3. The summed E-state index contributed by atoms with van der Waals surface area (Å²) < 4.78 is 2.57. The summed E-state index contributed by atoms with van der Waals surface area (Å²) in [5.74, 6) is 0. The Morgan fingerprint density at radius 3 is 1.40 bits per heavy atom. The van der Waals surface area contributed by atoms with Crippen LogP contribution in [0, 0.1) is 0 Å². The topological polar surface area (TPSA) is 16.1 Å². The molecule has 0 bridgehead atoms. The standard InChI is InChI=1S/C47H32N2S/c1-3-10-33(11-4-1)35-18-24-40(25-19-35)49(41-26-20-36(21-27-41)34-12-5-2-6-13-34)42-28-22-37(23-29-42)38-14-9-15-39(30-38)44-31-48-32-45-43-16-7-8-17-46(43)50-47(44)45/h1-32H. The highest BCUT2D eigenvalue weighted by atomic mass is 32.1. The highest BCUT2D eigenvalue weighted by Gasteiger charge is 2.15. The fourth-order valence-electron chi connectivity index (χ4n) is 6.83. The molecule has 0 amide bonds. The van der Waals surface area contributed by atoms with Gasteiger partial charge in [-0.1, -0.05) is 133 Å². The van der Waals surface area contributed by atoms with Gasteiger partial charge in [0.2, 0.25) is 0 Å². The molecule has 0 aliphatic rings. The van der Waals surface area contributed by atoms with E-state index in [-0.39, 0.29) is 0 Å². The lowest BCUT2D eigenvalue weighted by atomic mass is 9.99. The van der Waals surface area contributed by atoms with Crippen molar-refractivity contribution in [2.45, 2.75) is 0 Å². The predicted octanol–water partition coefficient (Wildman–Crippen LogP) is 13.6. The smallest absolute Gasteiger partial charge is 0.0464 e. The Kier molecular flexibility index (Phi) is 7.73. The van der Waals surface area contributed by atoms with Crippen LogP contribution in [0.3, 0.4) is 0 Å². The molecule has 0 unspecified atom stereocenters. The normalized spacial score (nSPS) is 11.2. The van der Waals surface area contributed by atoms with Crippen molar-refractivity contribution in [1.29, 1.82) is 0 Å². The molecule has 9 rings (SSSR count). The zero-order valence-corrected chi connectivity index (χ0v) is 28.1. The maximum atomic E-state index is 4.65. The molecule has 50 heavy (non-hydrogen) atoms. The first kappa shape index (κ1) is 29.8. The second-order valence-electron chi connectivity index (χ2n) is 12.5. The van der Waals surface area contributed by atoms with Gasteiger partial charge < -0.3 is 4.90 Å². The lowest BCUT2D eigenvalue weighted by Crippen LogP contribution is -2.09. The summed E-state index contributed by atoms with van der Waals surface area (Å²) in [5.41, 5.74) is 12.8. The van der Waals surface area contributed by atoms with Crippen molar-refractivity contribution in [3.05, 3.63) is 194 Å². The third kappa shape index (κ3) is 5.64. The zero-order chi connectivity index (χ0) is 33.3. The lowest BCUT2D eigenvalue weighted by Gasteiger charge is -2.26. The van der Waals surface area contributed by atoms with E-state index in [0.29, 0.717) is 0 Å². The summed E-state index contributed by atoms with van der Waals surface area (Å²) in [7, 11) is 0. The third-order valence-corrected chi connectivity index (χ3v) is 10.6. The van der Waals surface area contributed by atoms with Crippen molar-refractivity contribution in [1.82, 2.24) is 4.98 Å². The molecule has 0 saturated carbocycles. The molecule has 2 heterocycles. The van der Waals surface area contributed by atoms with Crippen LogP contribution in [0.1, 0.15) is 0 Å². The van der Waals surface area contributed by atoms with Crippen LogP contribution >= 0.6 is 11.3 Å². The van der Waals surface area contributed by atoms with Crippen molar-refractivity contribution in [2.24, 2.45) is 0 Å². The van der Waals surface area contributed by atoms with Crippen molar-refractivity contribution in [2.75, 3.05) is 4.90 Å². The number of nitrogens with zero attached hydrogens (tertiary/aromatic N) is 2. The van der Waals surface area contributed by atoms with Gasteiger partial charge in [0, 0.05) is 55.2 Å². The van der Waals surface area contributed by atoms with Crippen molar-refractivity contribution in [3.63, 3.8) is 0 Å². The Balaban J connectivity index is 1.07. The molecular formula is C47H32N2S. The van der Waals surface area contributed by atoms with Crippen LogP contribution < -0.4 is 4.90 Å². The van der Waals surface area contributed by atoms with E-state index in [0.717, 1.165) is 17.1 Å². The number of anilines is 3. The number of thiophene rings is 1. The number of fused-ring (bicyclic) bond motifs is 3. The SMILES string of the molecule is c1ccc(-c2ccc(N(c3ccc(-c4ccccc4)cc3)c3ccc(-c4cccc(-c5cncc6c5sc5ccccc56)c4)cc3)cc2)cc1. The summed E-state index contributed by atoms with van der Waals surface area (Å²) >= 11 is 1.84. The van der Waals surface area contributed by atoms with Crippen LogP contribution in [0.25, 0.3) is 64.7 Å². The van der Waals surface area contributed by atoms with Gasteiger partial charge in [0.25, 0.3) is 0 Å². The van der Waals surface area contributed by atoms with Crippen molar-refractivity contribution in [3.8, 4) is 44.5 Å². The Bertz CT molecular complexity index is 2470. The lowest BCUT2D eigenvalue weighted by molar-refractivity contribution is 1.28. The molecule has 0 aliphatic heterocycles. The number of pyridine rings is 1. The Labute approximate surface area is 296 Å². The third-order valence-electron chi connectivity index (χ3n) is 9.38. The second-order valence-corrected chi connectivity index (χ2v) is 13.5. The predicted molar refractivity (Wildman–Crippen MR) is 214 cm³/mol. The average Bonchev–Trinajstić information content (AvgIpc) is 3.59. The minimum Gasteiger partial charge on any atom is -0.311 e. The maximum Gasteiger partial charge on any atom is 0.0464 e.